The van der Waals surface area contributed by atoms with Crippen molar-refractivity contribution in [1.82, 2.24) is 10.2 Å². The molecule has 0 aliphatic rings. The summed E-state index contributed by atoms with van der Waals surface area (Å²) in [5.41, 5.74) is 2.07. The number of nitrogens with zero attached hydrogens (tertiary/aromatic N) is 2. The molecule has 1 aromatic heterocycles. The van der Waals surface area contributed by atoms with Crippen molar-refractivity contribution in [2.75, 3.05) is 11.4 Å². The molecule has 1 heterocycles. The lowest BCUT2D eigenvalue weighted by molar-refractivity contribution is 0.273. The number of nitrogens with one attached hydrogen (secondary N) is 1. The van der Waals surface area contributed by atoms with Gasteiger partial charge in [0.05, 0.1) is 18.0 Å². The molecule has 0 fully saturated rings. The number of aryl methyl sites for hydroxylation is 2. The van der Waals surface area contributed by atoms with Crippen LogP contribution in [0, 0.1) is 13.8 Å². The number of aliphatic hydroxyl groups excluding tert-OH is 1. The summed E-state index contributed by atoms with van der Waals surface area (Å²) in [4.78, 5) is 0.0315. The van der Waals surface area contributed by atoms with Gasteiger partial charge in [0.25, 0.3) is 10.0 Å². The van der Waals surface area contributed by atoms with E-state index in [1.54, 1.807) is 25.1 Å². The van der Waals surface area contributed by atoms with E-state index in [0.717, 1.165) is 5.56 Å². The molecule has 2 aromatic rings. The Hall–Kier alpha value is -1.86. The lowest BCUT2D eigenvalue weighted by Gasteiger charge is -2.20. The van der Waals surface area contributed by atoms with Crippen molar-refractivity contribution in [3.8, 4) is 0 Å². The van der Waals surface area contributed by atoms with Gasteiger partial charge >= 0.3 is 0 Å². The van der Waals surface area contributed by atoms with E-state index < -0.39 is 16.6 Å². The quantitative estimate of drug-likeness (QED) is 0.891. The first-order valence-corrected chi connectivity index (χ1v) is 7.52. The van der Waals surface area contributed by atoms with Gasteiger partial charge in [0.2, 0.25) is 0 Å². The van der Waals surface area contributed by atoms with E-state index in [1.807, 2.05) is 13.0 Å². The zero-order valence-electron chi connectivity index (χ0n) is 11.6. The highest BCUT2D eigenvalue weighted by Gasteiger charge is 2.28. The lowest BCUT2D eigenvalue weighted by atomic mass is 10.2. The van der Waals surface area contributed by atoms with E-state index in [1.165, 1.54) is 11.4 Å². The van der Waals surface area contributed by atoms with Gasteiger partial charge in [-0.05, 0) is 31.5 Å². The van der Waals surface area contributed by atoms with Gasteiger partial charge < -0.3 is 5.11 Å². The molecule has 1 aromatic carbocycles. The summed E-state index contributed by atoms with van der Waals surface area (Å²) in [5.74, 6) is 0. The Morgan fingerprint density at radius 3 is 2.65 bits per heavy atom. The van der Waals surface area contributed by atoms with E-state index >= 15 is 0 Å². The summed E-state index contributed by atoms with van der Waals surface area (Å²) in [6.07, 6.45) is 0. The molecule has 6 nitrogen and oxygen atoms in total. The van der Waals surface area contributed by atoms with Crippen LogP contribution in [0.4, 0.5) is 5.69 Å². The van der Waals surface area contributed by atoms with Gasteiger partial charge in [-0.15, -0.1) is 0 Å². The first-order chi connectivity index (χ1) is 9.37. The average molecular weight is 295 g/mol. The number of aliphatic hydroxyl groups is 1. The van der Waals surface area contributed by atoms with Gasteiger partial charge in [-0.2, -0.15) is 5.10 Å². The number of rotatable bonds is 4. The Balaban J connectivity index is 2.52. The van der Waals surface area contributed by atoms with Crippen molar-refractivity contribution in [3.63, 3.8) is 0 Å². The van der Waals surface area contributed by atoms with Gasteiger partial charge in [0.15, 0.2) is 0 Å². The Morgan fingerprint density at radius 2 is 2.05 bits per heavy atom. The SMILES string of the molecule is Cc1cccc(N(C)S(=O)(=O)c2c(CO)n[nH]c2C)c1. The molecule has 2 N–H and O–H groups in total. The first-order valence-electron chi connectivity index (χ1n) is 6.08. The zero-order valence-corrected chi connectivity index (χ0v) is 12.4. The van der Waals surface area contributed by atoms with Crippen LogP contribution in [0.25, 0.3) is 0 Å². The van der Waals surface area contributed by atoms with Gasteiger partial charge in [0, 0.05) is 7.05 Å². The van der Waals surface area contributed by atoms with Crippen molar-refractivity contribution >= 4 is 15.7 Å². The minimum atomic E-state index is -3.76. The van der Waals surface area contributed by atoms with Crippen LogP contribution >= 0.6 is 0 Å². The summed E-state index contributed by atoms with van der Waals surface area (Å²) >= 11 is 0. The highest BCUT2D eigenvalue weighted by Crippen LogP contribution is 2.26. The van der Waals surface area contributed by atoms with Crippen LogP contribution in [0.15, 0.2) is 29.2 Å². The zero-order chi connectivity index (χ0) is 14.9. The number of aromatic nitrogens is 2. The van der Waals surface area contributed by atoms with Crippen molar-refractivity contribution in [1.29, 1.82) is 0 Å². The molecule has 0 bridgehead atoms. The van der Waals surface area contributed by atoms with Crippen molar-refractivity contribution in [3.05, 3.63) is 41.2 Å². The minimum Gasteiger partial charge on any atom is -0.390 e. The molecule has 0 saturated carbocycles. The standard InChI is InChI=1S/C13H17N3O3S/c1-9-5-4-6-11(7-9)16(3)20(18,19)13-10(2)14-15-12(13)8-17/h4-7,17H,8H2,1-3H3,(H,14,15). The number of H-pyrrole nitrogens is 1. The van der Waals surface area contributed by atoms with Crippen molar-refractivity contribution < 1.29 is 13.5 Å². The maximum absolute atomic E-state index is 12.7. The summed E-state index contributed by atoms with van der Waals surface area (Å²) < 4.78 is 26.5. The molecule has 0 saturated heterocycles. The maximum atomic E-state index is 12.7. The van der Waals surface area contributed by atoms with Crippen LogP contribution in [0.5, 0.6) is 0 Å². The Bertz CT molecular complexity index is 722. The second kappa shape index (κ2) is 5.26. The molecular formula is C13H17N3O3S. The van der Waals surface area contributed by atoms with E-state index in [4.69, 9.17) is 0 Å². The fourth-order valence-electron chi connectivity index (χ4n) is 2.02. The third kappa shape index (κ3) is 2.41. The van der Waals surface area contributed by atoms with E-state index in [0.29, 0.717) is 11.4 Å². The Kier molecular flexibility index (Phi) is 3.82. The predicted molar refractivity (Wildman–Crippen MR) is 76.0 cm³/mol. The van der Waals surface area contributed by atoms with Crippen LogP contribution in [-0.4, -0.2) is 30.8 Å². The molecule has 0 spiro atoms. The molecule has 7 heteroatoms. The Morgan fingerprint density at radius 1 is 1.35 bits per heavy atom. The number of sulfonamides is 1. The molecule has 0 aliphatic carbocycles. The van der Waals surface area contributed by atoms with Gasteiger partial charge in [0.1, 0.15) is 10.6 Å². The lowest BCUT2D eigenvalue weighted by Crippen LogP contribution is -2.27. The van der Waals surface area contributed by atoms with E-state index in [-0.39, 0.29) is 10.6 Å². The molecule has 0 atom stereocenters. The van der Waals surface area contributed by atoms with Gasteiger partial charge in [-0.1, -0.05) is 12.1 Å². The summed E-state index contributed by atoms with van der Waals surface area (Å²) in [7, 11) is -2.28. The number of aromatic amines is 1. The van der Waals surface area contributed by atoms with E-state index in [2.05, 4.69) is 10.2 Å². The second-order valence-corrected chi connectivity index (χ2v) is 6.50. The number of hydrogen-bond acceptors (Lipinski definition) is 4. The summed E-state index contributed by atoms with van der Waals surface area (Å²) in [6.45, 7) is 3.08. The van der Waals surface area contributed by atoms with Gasteiger partial charge in [-0.25, -0.2) is 8.42 Å². The smallest absolute Gasteiger partial charge is 0.267 e. The number of benzene rings is 1. The number of hydrogen-bond donors (Lipinski definition) is 2. The molecule has 0 aliphatic heterocycles. The van der Waals surface area contributed by atoms with Crippen LogP contribution in [0.3, 0.4) is 0 Å². The highest BCUT2D eigenvalue weighted by molar-refractivity contribution is 7.92. The number of anilines is 1. The second-order valence-electron chi connectivity index (χ2n) is 4.59. The topological polar surface area (TPSA) is 86.3 Å². The third-order valence-electron chi connectivity index (χ3n) is 3.09. The molecule has 20 heavy (non-hydrogen) atoms. The molecular weight excluding hydrogens is 278 g/mol. The maximum Gasteiger partial charge on any atom is 0.267 e. The van der Waals surface area contributed by atoms with Crippen LogP contribution in [0.1, 0.15) is 17.0 Å². The molecule has 0 unspecified atom stereocenters. The minimum absolute atomic E-state index is 0.0315. The fourth-order valence-corrected chi connectivity index (χ4v) is 3.52. The van der Waals surface area contributed by atoms with Gasteiger partial charge in [-0.3, -0.25) is 9.40 Å². The fraction of sp³-hybridized carbons (Fsp3) is 0.308. The molecule has 0 amide bonds. The Labute approximate surface area is 118 Å². The van der Waals surface area contributed by atoms with Crippen LogP contribution in [0.2, 0.25) is 0 Å². The molecule has 108 valence electrons. The highest BCUT2D eigenvalue weighted by atomic mass is 32.2. The normalized spacial score (nSPS) is 11.6. The largest absolute Gasteiger partial charge is 0.390 e. The summed E-state index contributed by atoms with van der Waals surface area (Å²) in [6, 6.07) is 7.20. The summed E-state index contributed by atoms with van der Waals surface area (Å²) in [5, 5.41) is 15.6. The average Bonchev–Trinajstić information content (AvgIpc) is 2.79. The molecule has 2 rings (SSSR count). The van der Waals surface area contributed by atoms with E-state index in [9.17, 15) is 13.5 Å². The van der Waals surface area contributed by atoms with Crippen molar-refractivity contribution in [2.45, 2.75) is 25.3 Å². The molecule has 0 radical (unpaired) electrons. The third-order valence-corrected chi connectivity index (χ3v) is 5.08. The predicted octanol–water partition coefficient (Wildman–Crippen LogP) is 1.34. The van der Waals surface area contributed by atoms with Crippen molar-refractivity contribution in [2.24, 2.45) is 0 Å². The monoisotopic (exact) mass is 295 g/mol. The van der Waals surface area contributed by atoms with Crippen LogP contribution in [-0.2, 0) is 16.6 Å². The van der Waals surface area contributed by atoms with Crippen LogP contribution < -0.4 is 4.31 Å². The first kappa shape index (κ1) is 14.5.